The number of nitrogens with one attached hydrogen (secondary N) is 1. The first-order chi connectivity index (χ1) is 10.7. The highest BCUT2D eigenvalue weighted by atomic mass is 19.4. The Morgan fingerprint density at radius 1 is 1.22 bits per heavy atom. The molecule has 0 aliphatic rings. The number of aromatic nitrogens is 1. The minimum absolute atomic E-state index is 0.260. The lowest BCUT2D eigenvalue weighted by atomic mass is 9.85. The van der Waals surface area contributed by atoms with Gasteiger partial charge in [-0.25, -0.2) is 0 Å². The topological polar surface area (TPSA) is 48.7 Å². The molecule has 0 atom stereocenters. The largest absolute Gasteiger partial charge is 0.417 e. The molecule has 1 aromatic carbocycles. The number of halogens is 3. The van der Waals surface area contributed by atoms with Crippen LogP contribution in [0.3, 0.4) is 0 Å². The second-order valence-corrected chi connectivity index (χ2v) is 5.85. The van der Waals surface area contributed by atoms with Gasteiger partial charge in [-0.05, 0) is 29.8 Å². The molecule has 1 heterocycles. The van der Waals surface area contributed by atoms with Crippen LogP contribution in [-0.4, -0.2) is 11.5 Å². The van der Waals surface area contributed by atoms with Crippen molar-refractivity contribution < 1.29 is 13.2 Å². The van der Waals surface area contributed by atoms with Crippen molar-refractivity contribution in [1.82, 2.24) is 4.98 Å². The summed E-state index contributed by atoms with van der Waals surface area (Å²) in [5, 5.41) is 12.0. The van der Waals surface area contributed by atoms with E-state index in [1.165, 1.54) is 12.1 Å². The first kappa shape index (κ1) is 16.8. The molecule has 0 fully saturated rings. The zero-order valence-electron chi connectivity index (χ0n) is 12.8. The van der Waals surface area contributed by atoms with E-state index < -0.39 is 11.7 Å². The molecule has 0 saturated heterocycles. The van der Waals surface area contributed by atoms with Gasteiger partial charge in [0.05, 0.1) is 17.2 Å². The normalized spacial score (nSPS) is 11.8. The summed E-state index contributed by atoms with van der Waals surface area (Å²) in [5.41, 5.74) is -0.0748. The summed E-state index contributed by atoms with van der Waals surface area (Å²) < 4.78 is 38.4. The summed E-state index contributed by atoms with van der Waals surface area (Å²) >= 11 is 0. The minimum atomic E-state index is -4.53. The van der Waals surface area contributed by atoms with Crippen LogP contribution in [0.25, 0.3) is 0 Å². The molecule has 1 aromatic heterocycles. The molecular weight excluding hydrogens is 303 g/mol. The second-order valence-electron chi connectivity index (χ2n) is 5.85. The smallest absolute Gasteiger partial charge is 0.384 e. The molecule has 0 aliphatic heterocycles. The summed E-state index contributed by atoms with van der Waals surface area (Å²) in [6.07, 6.45) is -1.09. The van der Waals surface area contributed by atoms with Crippen LogP contribution in [0.1, 0.15) is 30.5 Å². The minimum Gasteiger partial charge on any atom is -0.384 e. The van der Waals surface area contributed by atoms with Crippen molar-refractivity contribution in [2.75, 3.05) is 11.9 Å². The average molecular weight is 319 g/mol. The van der Waals surface area contributed by atoms with Gasteiger partial charge in [-0.15, -0.1) is 0 Å². The number of hydrogen-bond acceptors (Lipinski definition) is 3. The number of pyridine rings is 1. The van der Waals surface area contributed by atoms with Gasteiger partial charge in [0.2, 0.25) is 0 Å². The number of nitrogens with zero attached hydrogens (tertiary/aromatic N) is 2. The van der Waals surface area contributed by atoms with Gasteiger partial charge in [0, 0.05) is 30.0 Å². The van der Waals surface area contributed by atoms with E-state index in [1.54, 1.807) is 18.5 Å². The van der Waals surface area contributed by atoms with Gasteiger partial charge in [0.25, 0.3) is 0 Å². The molecule has 0 unspecified atom stereocenters. The molecule has 6 heteroatoms. The molecular formula is C17H16F3N3. The second kappa shape index (κ2) is 6.29. The maximum absolute atomic E-state index is 12.8. The number of anilines is 1. The van der Waals surface area contributed by atoms with Crippen LogP contribution in [0.4, 0.5) is 18.9 Å². The standard InChI is InChI=1S/C17H16F3N3/c1-16(2,13-4-3-7-22-10-13)11-23-14-5-6-15(17(18,19)20)12(8-14)9-21/h3-8,10,23H,11H2,1-2H3. The van der Waals surface area contributed by atoms with E-state index in [0.717, 1.165) is 11.6 Å². The van der Waals surface area contributed by atoms with Crippen LogP contribution in [0.2, 0.25) is 0 Å². The molecule has 0 saturated carbocycles. The van der Waals surface area contributed by atoms with Crippen LogP contribution in [0, 0.1) is 11.3 Å². The number of alkyl halides is 3. The van der Waals surface area contributed by atoms with Gasteiger partial charge < -0.3 is 5.32 Å². The lowest BCUT2D eigenvalue weighted by Crippen LogP contribution is -2.27. The Labute approximate surface area is 132 Å². The molecule has 0 spiro atoms. The van der Waals surface area contributed by atoms with Gasteiger partial charge in [0.15, 0.2) is 0 Å². The summed E-state index contributed by atoms with van der Waals surface area (Å²) in [6.45, 7) is 4.51. The van der Waals surface area contributed by atoms with Gasteiger partial charge >= 0.3 is 6.18 Å². The summed E-state index contributed by atoms with van der Waals surface area (Å²) in [4.78, 5) is 4.08. The van der Waals surface area contributed by atoms with E-state index >= 15 is 0 Å². The lowest BCUT2D eigenvalue weighted by molar-refractivity contribution is -0.137. The van der Waals surface area contributed by atoms with Gasteiger partial charge in [-0.1, -0.05) is 19.9 Å². The fraction of sp³-hybridized carbons (Fsp3) is 0.294. The fourth-order valence-corrected chi connectivity index (χ4v) is 2.18. The Morgan fingerprint density at radius 3 is 2.52 bits per heavy atom. The predicted molar refractivity (Wildman–Crippen MR) is 81.9 cm³/mol. The maximum atomic E-state index is 12.8. The van der Waals surface area contributed by atoms with E-state index in [9.17, 15) is 13.2 Å². The lowest BCUT2D eigenvalue weighted by Gasteiger charge is -2.26. The van der Waals surface area contributed by atoms with Crippen LogP contribution >= 0.6 is 0 Å². The Hall–Kier alpha value is -2.55. The van der Waals surface area contributed by atoms with Crippen molar-refractivity contribution in [2.24, 2.45) is 0 Å². The van der Waals surface area contributed by atoms with E-state index in [1.807, 2.05) is 26.0 Å². The van der Waals surface area contributed by atoms with Crippen molar-refractivity contribution in [2.45, 2.75) is 25.4 Å². The van der Waals surface area contributed by atoms with Crippen molar-refractivity contribution in [3.05, 3.63) is 59.4 Å². The first-order valence-electron chi connectivity index (χ1n) is 7.00. The SMILES string of the molecule is CC(C)(CNc1ccc(C(F)(F)F)c(C#N)c1)c1cccnc1. The first-order valence-corrected chi connectivity index (χ1v) is 7.00. The molecule has 0 bridgehead atoms. The third-order valence-electron chi connectivity index (χ3n) is 3.62. The Morgan fingerprint density at radius 2 is 1.96 bits per heavy atom. The van der Waals surface area contributed by atoms with Crippen molar-refractivity contribution in [1.29, 1.82) is 5.26 Å². The Balaban J connectivity index is 2.17. The van der Waals surface area contributed by atoms with Crippen LogP contribution < -0.4 is 5.32 Å². The zero-order chi connectivity index (χ0) is 17.1. The third-order valence-corrected chi connectivity index (χ3v) is 3.62. The molecule has 3 nitrogen and oxygen atoms in total. The average Bonchev–Trinajstić information content (AvgIpc) is 2.52. The highest BCUT2D eigenvalue weighted by molar-refractivity contribution is 5.54. The van der Waals surface area contributed by atoms with Crippen molar-refractivity contribution in [3.63, 3.8) is 0 Å². The highest BCUT2D eigenvalue weighted by Crippen LogP contribution is 2.33. The van der Waals surface area contributed by atoms with Crippen molar-refractivity contribution in [3.8, 4) is 6.07 Å². The van der Waals surface area contributed by atoms with Crippen LogP contribution in [0.15, 0.2) is 42.7 Å². The zero-order valence-corrected chi connectivity index (χ0v) is 12.8. The number of rotatable bonds is 4. The summed E-state index contributed by atoms with van der Waals surface area (Å²) in [7, 11) is 0. The molecule has 120 valence electrons. The van der Waals surface area contributed by atoms with E-state index in [0.29, 0.717) is 12.2 Å². The number of benzene rings is 1. The van der Waals surface area contributed by atoms with E-state index in [2.05, 4.69) is 10.3 Å². The number of hydrogen-bond donors (Lipinski definition) is 1. The Bertz CT molecular complexity index is 716. The summed E-state index contributed by atoms with van der Waals surface area (Å²) in [5.74, 6) is 0. The van der Waals surface area contributed by atoms with Crippen molar-refractivity contribution >= 4 is 5.69 Å². The predicted octanol–water partition coefficient (Wildman–Crippen LogP) is 4.36. The molecule has 0 radical (unpaired) electrons. The monoisotopic (exact) mass is 319 g/mol. The van der Waals surface area contributed by atoms with Gasteiger partial charge in [-0.3, -0.25) is 4.98 Å². The van der Waals surface area contributed by atoms with Gasteiger partial charge in [-0.2, -0.15) is 18.4 Å². The molecule has 1 N–H and O–H groups in total. The van der Waals surface area contributed by atoms with E-state index in [-0.39, 0.29) is 11.0 Å². The van der Waals surface area contributed by atoms with Crippen LogP contribution in [0.5, 0.6) is 0 Å². The molecule has 0 amide bonds. The van der Waals surface area contributed by atoms with E-state index in [4.69, 9.17) is 5.26 Å². The molecule has 0 aliphatic carbocycles. The molecule has 2 aromatic rings. The molecule has 23 heavy (non-hydrogen) atoms. The molecule has 2 rings (SSSR count). The summed E-state index contributed by atoms with van der Waals surface area (Å²) in [6, 6.07) is 8.87. The maximum Gasteiger partial charge on any atom is 0.417 e. The number of nitriles is 1. The fourth-order valence-electron chi connectivity index (χ4n) is 2.18. The highest BCUT2D eigenvalue weighted by Gasteiger charge is 2.33. The Kier molecular flexibility index (Phi) is 4.60. The quantitative estimate of drug-likeness (QED) is 0.911. The third kappa shape index (κ3) is 4.01. The van der Waals surface area contributed by atoms with Gasteiger partial charge in [0.1, 0.15) is 0 Å². The van der Waals surface area contributed by atoms with Crippen LogP contribution in [-0.2, 0) is 11.6 Å².